The maximum absolute atomic E-state index is 11.2. The predicted molar refractivity (Wildman–Crippen MR) is 278 cm³/mol. The number of hydrogen-bond donors (Lipinski definition) is 3. The number of benzene rings is 2. The zero-order valence-corrected chi connectivity index (χ0v) is 50.2. The molecule has 0 spiro atoms. The van der Waals surface area contributed by atoms with Crippen LogP contribution in [-0.2, 0) is 84.0 Å². The summed E-state index contributed by atoms with van der Waals surface area (Å²) in [6.45, 7) is 30.8. The van der Waals surface area contributed by atoms with E-state index in [0.29, 0.717) is 70.6 Å². The second kappa shape index (κ2) is 38.1. The first-order valence-corrected chi connectivity index (χ1v) is 24.9. The molecule has 0 amide bonds. The molecule has 4 rings (SSSR count). The van der Waals surface area contributed by atoms with Gasteiger partial charge in [0, 0.05) is 21.3 Å². The summed E-state index contributed by atoms with van der Waals surface area (Å²) in [6.07, 6.45) is -1.00. The Morgan fingerprint density at radius 1 is 0.479 bits per heavy atom. The first kappa shape index (κ1) is 74.5. The number of ether oxygens (including phenoxy) is 13. The number of epoxide rings is 2. The zero-order valence-electron chi connectivity index (χ0n) is 47.1. The van der Waals surface area contributed by atoms with Gasteiger partial charge >= 0.3 is 51.4 Å². The van der Waals surface area contributed by atoms with Crippen LogP contribution in [0.25, 0.3) is 0 Å². The third-order valence-electron chi connectivity index (χ3n) is 11.5. The van der Waals surface area contributed by atoms with E-state index in [1.54, 1.807) is 48.2 Å². The molecular weight excluding hydrogens is 972 g/mol. The van der Waals surface area contributed by atoms with Crippen molar-refractivity contribution in [2.75, 3.05) is 107 Å². The van der Waals surface area contributed by atoms with E-state index in [1.165, 1.54) is 11.1 Å². The van der Waals surface area contributed by atoms with Crippen LogP contribution in [0.2, 0.25) is 0 Å². The van der Waals surface area contributed by atoms with Crippen molar-refractivity contribution in [1.82, 2.24) is 0 Å². The van der Waals surface area contributed by atoms with Crippen LogP contribution in [0.3, 0.4) is 0 Å². The van der Waals surface area contributed by atoms with Crippen molar-refractivity contribution in [2.45, 2.75) is 175 Å². The van der Waals surface area contributed by atoms with Crippen LogP contribution < -0.4 is 51.4 Å². The molecule has 0 aromatic heterocycles. The SMILES string of the molecule is C.CC1(c2cccc(C3(C)CO3)c2)CO1.COCC(C)OCC(C)OCC(C)O.COCC(C)OCC(C)OCC(C)OCC(C)(O)c1cccc(C(C)(O)COC(C)COC(C)COC(C)COC)c1.[K+].[OH-]. The summed E-state index contributed by atoms with van der Waals surface area (Å²) in [5, 5.41) is 31.4. The maximum atomic E-state index is 11.2. The largest absolute Gasteiger partial charge is 1.00 e. The molecule has 0 bridgehead atoms. The number of aliphatic hydroxyl groups excluding tert-OH is 1. The molecular formula is C55H99KO17. The molecule has 13 unspecified atom stereocenters. The number of rotatable bonds is 34. The van der Waals surface area contributed by atoms with Crippen molar-refractivity contribution < 1.29 is 134 Å². The molecule has 2 aromatic carbocycles. The molecule has 2 saturated heterocycles. The van der Waals surface area contributed by atoms with E-state index in [1.807, 2.05) is 73.6 Å². The van der Waals surface area contributed by atoms with Gasteiger partial charge < -0.3 is 82.4 Å². The summed E-state index contributed by atoms with van der Waals surface area (Å²) in [5.74, 6) is 0. The zero-order chi connectivity index (χ0) is 52.5. The van der Waals surface area contributed by atoms with Crippen LogP contribution in [0.15, 0.2) is 48.5 Å². The number of hydrogen-bond acceptors (Lipinski definition) is 17. The molecule has 13 atom stereocenters. The molecule has 4 N–H and O–H groups in total. The minimum absolute atomic E-state index is 0. The van der Waals surface area contributed by atoms with Crippen LogP contribution in [0.1, 0.15) is 120 Å². The second-order valence-electron chi connectivity index (χ2n) is 20.1. The quantitative estimate of drug-likeness (QED) is 0.0658. The maximum Gasteiger partial charge on any atom is 1.00 e. The summed E-state index contributed by atoms with van der Waals surface area (Å²) in [6, 6.07) is 15.8. The Morgan fingerprint density at radius 3 is 1.01 bits per heavy atom. The van der Waals surface area contributed by atoms with Crippen LogP contribution in [0.5, 0.6) is 0 Å². The Kier molecular flexibility index (Phi) is 38.8. The summed E-state index contributed by atoms with van der Waals surface area (Å²) >= 11 is 0. The minimum atomic E-state index is -1.27. The standard InChI is InChI=1S/C32H58O10.C12H14O2.C10H22O4.CH4.K.H2O/c1-23(15-35-9)37-17-25(3)39-19-27(5)41-21-31(7,33)29-12-11-13-30(14-29)32(8,34)22-42-28(6)20-40-26(4)18-38-24(2)16-36-10;1-11(7-13-11)9-4-3-5-10(6-9)12(2)8-14-12;1-8(11)5-13-10(3)7-14-9(2)6-12-4;;;/h11-14,23-28,33-34H,15-22H2,1-10H3;3-6H,7-8H2,1-2H3;8-11H,5-7H2,1-4H3;1H4;;1H2/q;;;;+1;/p-1. The van der Waals surface area contributed by atoms with Gasteiger partial charge in [0.15, 0.2) is 0 Å². The average Bonchev–Trinajstić information content (AvgIpc) is 4.27. The van der Waals surface area contributed by atoms with E-state index in [9.17, 15) is 10.2 Å². The molecule has 0 radical (unpaired) electrons. The molecule has 2 heterocycles. The predicted octanol–water partition coefficient (Wildman–Crippen LogP) is 4.29. The van der Waals surface area contributed by atoms with Crippen molar-refractivity contribution in [2.24, 2.45) is 0 Å². The van der Waals surface area contributed by atoms with Crippen molar-refractivity contribution in [3.05, 3.63) is 70.8 Å². The fourth-order valence-corrected chi connectivity index (χ4v) is 6.58. The van der Waals surface area contributed by atoms with Gasteiger partial charge in [-0.3, -0.25) is 0 Å². The monoisotopic (exact) mass is 1070 g/mol. The van der Waals surface area contributed by atoms with E-state index in [2.05, 4.69) is 38.1 Å². The van der Waals surface area contributed by atoms with Gasteiger partial charge in [-0.25, -0.2) is 0 Å². The first-order chi connectivity index (χ1) is 32.9. The Hall–Kier alpha value is -0.604. The number of methoxy groups -OCH3 is 3. The van der Waals surface area contributed by atoms with Crippen LogP contribution in [-0.4, -0.2) is 183 Å². The molecule has 0 saturated carbocycles. The van der Waals surface area contributed by atoms with E-state index in [-0.39, 0.29) is 138 Å². The van der Waals surface area contributed by atoms with Crippen LogP contribution >= 0.6 is 0 Å². The van der Waals surface area contributed by atoms with Gasteiger partial charge in [0.25, 0.3) is 0 Å². The normalized spacial score (nSPS) is 22.1. The van der Waals surface area contributed by atoms with Gasteiger partial charge in [-0.15, -0.1) is 0 Å². The van der Waals surface area contributed by atoms with Crippen molar-refractivity contribution in [1.29, 1.82) is 0 Å². The fraction of sp³-hybridized carbons (Fsp3) is 0.782. The Labute approximate surface area is 482 Å². The minimum Gasteiger partial charge on any atom is -0.870 e. The summed E-state index contributed by atoms with van der Waals surface area (Å²) in [4.78, 5) is 0. The van der Waals surface area contributed by atoms with Gasteiger partial charge in [0.05, 0.1) is 141 Å². The van der Waals surface area contributed by atoms with Crippen LogP contribution in [0, 0.1) is 0 Å². The molecule has 2 aliphatic rings. The van der Waals surface area contributed by atoms with Gasteiger partial charge in [-0.1, -0.05) is 43.8 Å². The Morgan fingerprint density at radius 2 is 0.740 bits per heavy atom. The van der Waals surface area contributed by atoms with Crippen molar-refractivity contribution >= 4 is 0 Å². The van der Waals surface area contributed by atoms with E-state index >= 15 is 0 Å². The van der Waals surface area contributed by atoms with Gasteiger partial charge in [0.1, 0.15) is 22.4 Å². The third kappa shape index (κ3) is 31.5. The van der Waals surface area contributed by atoms with Crippen molar-refractivity contribution in [3.8, 4) is 0 Å². The summed E-state index contributed by atoms with van der Waals surface area (Å²) in [7, 11) is 4.93. The van der Waals surface area contributed by atoms with Gasteiger partial charge in [-0.05, 0) is 124 Å². The number of aliphatic hydroxyl groups is 3. The molecule has 0 aliphatic carbocycles. The Bertz CT molecular complexity index is 1580. The topological polar surface area (TPSA) is 217 Å². The van der Waals surface area contributed by atoms with Gasteiger partial charge in [0.2, 0.25) is 0 Å². The molecule has 2 aliphatic heterocycles. The van der Waals surface area contributed by atoms with Gasteiger partial charge in [-0.2, -0.15) is 0 Å². The van der Waals surface area contributed by atoms with E-state index in [4.69, 9.17) is 66.7 Å². The molecule has 422 valence electrons. The van der Waals surface area contributed by atoms with Crippen LogP contribution in [0.4, 0.5) is 0 Å². The first-order valence-electron chi connectivity index (χ1n) is 24.9. The smallest absolute Gasteiger partial charge is 0.870 e. The molecule has 2 aromatic rings. The molecule has 18 heteroatoms. The van der Waals surface area contributed by atoms with E-state index < -0.39 is 17.3 Å². The summed E-state index contributed by atoms with van der Waals surface area (Å²) < 4.78 is 71.6. The summed E-state index contributed by atoms with van der Waals surface area (Å²) in [5.41, 5.74) is 1.21. The average molecular weight is 1070 g/mol. The van der Waals surface area contributed by atoms with E-state index in [0.717, 1.165) is 13.2 Å². The Balaban J connectivity index is 0. The second-order valence-corrected chi connectivity index (χ2v) is 20.1. The molecule has 17 nitrogen and oxygen atoms in total. The third-order valence-corrected chi connectivity index (χ3v) is 11.5. The molecule has 2 fully saturated rings. The fourth-order valence-electron chi connectivity index (χ4n) is 6.58. The molecule has 73 heavy (non-hydrogen) atoms. The van der Waals surface area contributed by atoms with Crippen molar-refractivity contribution in [3.63, 3.8) is 0 Å².